The summed E-state index contributed by atoms with van der Waals surface area (Å²) in [5, 5.41) is 9.00. The zero-order chi connectivity index (χ0) is 10.6. The number of nitrogens with zero attached hydrogens (tertiary/aromatic N) is 1. The highest BCUT2D eigenvalue weighted by atomic mass is 16.5. The molecular weight excluding hydrogens is 182 g/mol. The zero-order valence-corrected chi connectivity index (χ0v) is 8.90. The number of hydrogen-bond donors (Lipinski definition) is 1. The Morgan fingerprint density at radius 3 is 2.57 bits per heavy atom. The Bertz CT molecular complexity index is 190. The summed E-state index contributed by atoms with van der Waals surface area (Å²) in [7, 11) is 1.90. The number of ether oxygens (including phenoxy) is 1. The lowest BCUT2D eigenvalue weighted by atomic mass is 10.0. The molecule has 0 bridgehead atoms. The van der Waals surface area contributed by atoms with Crippen LogP contribution < -0.4 is 0 Å². The highest BCUT2D eigenvalue weighted by Crippen LogP contribution is 2.16. The maximum Gasteiger partial charge on any atom is 0.320 e. The molecule has 82 valence electrons. The fourth-order valence-corrected chi connectivity index (χ4v) is 1.98. The lowest BCUT2D eigenvalue weighted by Crippen LogP contribution is -2.46. The first-order valence-corrected chi connectivity index (χ1v) is 5.19. The summed E-state index contributed by atoms with van der Waals surface area (Å²) >= 11 is 0. The number of carbonyl (C=O) groups is 1. The van der Waals surface area contributed by atoms with E-state index in [0.717, 1.165) is 26.1 Å². The zero-order valence-electron chi connectivity index (χ0n) is 8.90. The Morgan fingerprint density at radius 1 is 1.57 bits per heavy atom. The largest absolute Gasteiger partial charge is 0.480 e. The molecule has 0 aromatic heterocycles. The number of aliphatic carboxylic acids is 1. The van der Waals surface area contributed by atoms with Gasteiger partial charge < -0.3 is 9.84 Å². The molecule has 1 heterocycles. The fraction of sp³-hybridized carbons (Fsp3) is 0.900. The molecule has 0 amide bonds. The smallest absolute Gasteiger partial charge is 0.320 e. The van der Waals surface area contributed by atoms with Crippen molar-refractivity contribution in [2.24, 2.45) is 0 Å². The minimum absolute atomic E-state index is 0.349. The first kappa shape index (κ1) is 11.5. The Balaban J connectivity index is 2.51. The molecule has 1 atom stereocenters. The molecule has 1 N–H and O–H groups in total. The predicted octanol–water partition coefficient (Wildman–Crippen LogP) is 0.960. The molecule has 0 aromatic rings. The molecule has 1 rings (SSSR count). The van der Waals surface area contributed by atoms with Crippen molar-refractivity contribution in [1.29, 1.82) is 0 Å². The second-order valence-corrected chi connectivity index (χ2v) is 3.77. The maximum absolute atomic E-state index is 10.9. The Kier molecular flexibility index (Phi) is 4.35. The number of likely N-dealkylation sites (N-methyl/N-ethyl adjacent to an activating group) is 1. The molecule has 4 nitrogen and oxygen atoms in total. The van der Waals surface area contributed by atoms with E-state index in [4.69, 9.17) is 9.84 Å². The van der Waals surface area contributed by atoms with Crippen LogP contribution in [0.4, 0.5) is 0 Å². The van der Waals surface area contributed by atoms with Crippen LogP contribution in [0.2, 0.25) is 0 Å². The summed E-state index contributed by atoms with van der Waals surface area (Å²) in [6, 6.07) is 0.0166. The van der Waals surface area contributed by atoms with E-state index in [9.17, 15) is 4.79 Å². The standard InChI is InChI=1S/C10H19NO3/c1-3-9(10(12)13)11(2)8-4-6-14-7-5-8/h8-9H,3-7H2,1-2H3,(H,12,13). The summed E-state index contributed by atoms with van der Waals surface area (Å²) in [5.74, 6) is -0.721. The molecule has 1 saturated heterocycles. The van der Waals surface area contributed by atoms with Crippen LogP contribution in [0.15, 0.2) is 0 Å². The van der Waals surface area contributed by atoms with Gasteiger partial charge >= 0.3 is 5.97 Å². The highest BCUT2D eigenvalue weighted by Gasteiger charge is 2.27. The molecule has 0 spiro atoms. The van der Waals surface area contributed by atoms with Crippen LogP contribution in [0, 0.1) is 0 Å². The van der Waals surface area contributed by atoms with Crippen molar-refractivity contribution >= 4 is 5.97 Å². The molecule has 14 heavy (non-hydrogen) atoms. The van der Waals surface area contributed by atoms with Crippen molar-refractivity contribution < 1.29 is 14.6 Å². The lowest BCUT2D eigenvalue weighted by Gasteiger charge is -2.34. The predicted molar refractivity (Wildman–Crippen MR) is 53.3 cm³/mol. The first-order chi connectivity index (χ1) is 6.66. The minimum Gasteiger partial charge on any atom is -0.480 e. The minimum atomic E-state index is -0.721. The van der Waals surface area contributed by atoms with E-state index in [1.54, 1.807) is 0 Å². The van der Waals surface area contributed by atoms with Crippen molar-refractivity contribution in [1.82, 2.24) is 4.90 Å². The van der Waals surface area contributed by atoms with Gasteiger partial charge in [0.15, 0.2) is 0 Å². The average Bonchev–Trinajstić information content (AvgIpc) is 2.19. The van der Waals surface area contributed by atoms with Crippen molar-refractivity contribution in [2.75, 3.05) is 20.3 Å². The highest BCUT2D eigenvalue weighted by molar-refractivity contribution is 5.73. The Hall–Kier alpha value is -0.610. The van der Waals surface area contributed by atoms with Gasteiger partial charge in [-0.2, -0.15) is 0 Å². The van der Waals surface area contributed by atoms with E-state index < -0.39 is 5.97 Å². The average molecular weight is 201 g/mol. The maximum atomic E-state index is 10.9. The van der Waals surface area contributed by atoms with Gasteiger partial charge in [0, 0.05) is 19.3 Å². The molecule has 0 aromatic carbocycles. The first-order valence-electron chi connectivity index (χ1n) is 5.19. The van der Waals surface area contributed by atoms with E-state index in [1.165, 1.54) is 0 Å². The van der Waals surface area contributed by atoms with E-state index in [-0.39, 0.29) is 6.04 Å². The third-order valence-corrected chi connectivity index (χ3v) is 2.93. The van der Waals surface area contributed by atoms with Gasteiger partial charge in [-0.05, 0) is 26.3 Å². The second kappa shape index (κ2) is 5.32. The van der Waals surface area contributed by atoms with Crippen molar-refractivity contribution in [3.05, 3.63) is 0 Å². The van der Waals surface area contributed by atoms with Crippen LogP contribution >= 0.6 is 0 Å². The third kappa shape index (κ3) is 2.69. The summed E-state index contributed by atoms with van der Waals surface area (Å²) in [4.78, 5) is 12.9. The van der Waals surface area contributed by atoms with Crippen LogP contribution in [0.5, 0.6) is 0 Å². The monoisotopic (exact) mass is 201 g/mol. The molecule has 1 unspecified atom stereocenters. The van der Waals surface area contributed by atoms with E-state index in [0.29, 0.717) is 12.5 Å². The summed E-state index contributed by atoms with van der Waals surface area (Å²) in [6.45, 7) is 3.42. The Labute approximate surface area is 84.8 Å². The fourth-order valence-electron chi connectivity index (χ4n) is 1.98. The molecule has 0 radical (unpaired) electrons. The lowest BCUT2D eigenvalue weighted by molar-refractivity contribution is -0.144. The normalized spacial score (nSPS) is 21.1. The third-order valence-electron chi connectivity index (χ3n) is 2.93. The van der Waals surface area contributed by atoms with Crippen LogP contribution in [-0.4, -0.2) is 48.3 Å². The molecule has 1 aliphatic rings. The molecule has 1 fully saturated rings. The summed E-state index contributed by atoms with van der Waals surface area (Å²) < 4.78 is 5.25. The van der Waals surface area contributed by atoms with Crippen molar-refractivity contribution in [3.63, 3.8) is 0 Å². The molecule has 0 saturated carbocycles. The van der Waals surface area contributed by atoms with Crippen molar-refractivity contribution in [2.45, 2.75) is 38.3 Å². The van der Waals surface area contributed by atoms with Gasteiger partial charge in [0.05, 0.1) is 0 Å². The van der Waals surface area contributed by atoms with Gasteiger partial charge in [-0.15, -0.1) is 0 Å². The van der Waals surface area contributed by atoms with Crippen LogP contribution in [0.1, 0.15) is 26.2 Å². The summed E-state index contributed by atoms with van der Waals surface area (Å²) in [5.41, 5.74) is 0. The van der Waals surface area contributed by atoms with Crippen LogP contribution in [0.3, 0.4) is 0 Å². The quantitative estimate of drug-likeness (QED) is 0.736. The van der Waals surface area contributed by atoms with Crippen LogP contribution in [-0.2, 0) is 9.53 Å². The van der Waals surface area contributed by atoms with E-state index in [2.05, 4.69) is 0 Å². The van der Waals surface area contributed by atoms with E-state index in [1.807, 2.05) is 18.9 Å². The second-order valence-electron chi connectivity index (χ2n) is 3.77. The molecule has 0 aliphatic carbocycles. The molecular formula is C10H19NO3. The van der Waals surface area contributed by atoms with Gasteiger partial charge in [-0.3, -0.25) is 9.69 Å². The van der Waals surface area contributed by atoms with Gasteiger partial charge in [-0.25, -0.2) is 0 Å². The van der Waals surface area contributed by atoms with Gasteiger partial charge in [0.25, 0.3) is 0 Å². The number of rotatable bonds is 4. The topological polar surface area (TPSA) is 49.8 Å². The number of carboxylic acid groups (broad SMARTS) is 1. The SMILES string of the molecule is CCC(C(=O)O)N(C)C1CCOCC1. The van der Waals surface area contributed by atoms with Gasteiger partial charge in [-0.1, -0.05) is 6.92 Å². The summed E-state index contributed by atoms with van der Waals surface area (Å²) in [6.07, 6.45) is 2.55. The van der Waals surface area contributed by atoms with Crippen LogP contribution in [0.25, 0.3) is 0 Å². The van der Waals surface area contributed by atoms with E-state index >= 15 is 0 Å². The number of carboxylic acids is 1. The van der Waals surface area contributed by atoms with Gasteiger partial charge in [0.2, 0.25) is 0 Å². The van der Waals surface area contributed by atoms with Crippen molar-refractivity contribution in [3.8, 4) is 0 Å². The molecule has 4 heteroatoms. The Morgan fingerprint density at radius 2 is 2.14 bits per heavy atom. The van der Waals surface area contributed by atoms with Gasteiger partial charge in [0.1, 0.15) is 6.04 Å². The molecule has 1 aliphatic heterocycles. The number of hydrogen-bond acceptors (Lipinski definition) is 3.